The zero-order valence-corrected chi connectivity index (χ0v) is 13.9. The first-order valence-electron chi connectivity index (χ1n) is 7.41. The lowest BCUT2D eigenvalue weighted by molar-refractivity contribution is 0.0991. The molecule has 0 radical (unpaired) electrons. The molecule has 3 atom stereocenters. The summed E-state index contributed by atoms with van der Waals surface area (Å²) in [5, 5.41) is 0. The summed E-state index contributed by atoms with van der Waals surface area (Å²) in [7, 11) is 2.13. The van der Waals surface area contributed by atoms with Gasteiger partial charge in [-0.15, -0.1) is 0 Å². The summed E-state index contributed by atoms with van der Waals surface area (Å²) >= 11 is 3.20. The monoisotopic (exact) mass is 342 g/mol. The zero-order valence-electron chi connectivity index (χ0n) is 12.3. The Morgan fingerprint density at radius 2 is 2.10 bits per heavy atom. The van der Waals surface area contributed by atoms with E-state index in [2.05, 4.69) is 34.8 Å². The maximum absolute atomic E-state index is 13.8. The molecule has 1 aliphatic rings. The molecule has 0 bridgehead atoms. The van der Waals surface area contributed by atoms with Crippen molar-refractivity contribution in [1.29, 1.82) is 0 Å². The Balaban J connectivity index is 2.19. The lowest BCUT2D eigenvalue weighted by atomic mass is 9.84. The Bertz CT molecular complexity index is 452. The van der Waals surface area contributed by atoms with E-state index in [9.17, 15) is 4.39 Å². The van der Waals surface area contributed by atoms with E-state index in [1.54, 1.807) is 12.1 Å². The highest BCUT2D eigenvalue weighted by Gasteiger charge is 2.29. The summed E-state index contributed by atoms with van der Waals surface area (Å²) in [6, 6.07) is 5.97. The SMILES string of the molecule is CC1CCCCC1N(C)C(CN)c1ccc(Br)c(F)c1. The van der Waals surface area contributed by atoms with Crippen molar-refractivity contribution in [2.75, 3.05) is 13.6 Å². The smallest absolute Gasteiger partial charge is 0.137 e. The van der Waals surface area contributed by atoms with Gasteiger partial charge in [-0.2, -0.15) is 0 Å². The van der Waals surface area contributed by atoms with Gasteiger partial charge in [0.1, 0.15) is 5.82 Å². The Labute approximate surface area is 129 Å². The number of likely N-dealkylation sites (N-methyl/N-ethyl adjacent to an activating group) is 1. The van der Waals surface area contributed by atoms with Crippen LogP contribution in [0.5, 0.6) is 0 Å². The molecule has 1 aromatic rings. The molecule has 1 fully saturated rings. The van der Waals surface area contributed by atoms with E-state index in [-0.39, 0.29) is 11.9 Å². The minimum atomic E-state index is -0.217. The predicted molar refractivity (Wildman–Crippen MR) is 85.1 cm³/mol. The number of halogens is 2. The fourth-order valence-corrected chi connectivity index (χ4v) is 3.64. The third-order valence-corrected chi connectivity index (χ3v) is 5.28. The van der Waals surface area contributed by atoms with Gasteiger partial charge < -0.3 is 5.73 Å². The van der Waals surface area contributed by atoms with Crippen molar-refractivity contribution in [2.45, 2.75) is 44.7 Å². The molecule has 20 heavy (non-hydrogen) atoms. The van der Waals surface area contributed by atoms with E-state index in [0.29, 0.717) is 23.0 Å². The highest BCUT2D eigenvalue weighted by atomic mass is 79.9. The molecule has 1 aromatic carbocycles. The van der Waals surface area contributed by atoms with Crippen LogP contribution in [0.1, 0.15) is 44.2 Å². The lowest BCUT2D eigenvalue weighted by Crippen LogP contribution is -2.43. The van der Waals surface area contributed by atoms with Crippen LogP contribution >= 0.6 is 15.9 Å². The van der Waals surface area contributed by atoms with Gasteiger partial charge in [-0.05, 0) is 59.4 Å². The van der Waals surface area contributed by atoms with E-state index in [1.807, 2.05) is 6.07 Å². The zero-order chi connectivity index (χ0) is 14.7. The summed E-state index contributed by atoms with van der Waals surface area (Å²) < 4.78 is 14.3. The van der Waals surface area contributed by atoms with Gasteiger partial charge in [-0.1, -0.05) is 25.8 Å². The van der Waals surface area contributed by atoms with Crippen molar-refractivity contribution in [3.05, 3.63) is 34.1 Å². The van der Waals surface area contributed by atoms with E-state index in [0.717, 1.165) is 5.56 Å². The van der Waals surface area contributed by atoms with Crippen molar-refractivity contribution in [2.24, 2.45) is 11.7 Å². The second kappa shape index (κ2) is 7.01. The average molecular weight is 343 g/mol. The molecule has 2 nitrogen and oxygen atoms in total. The van der Waals surface area contributed by atoms with Gasteiger partial charge in [-0.3, -0.25) is 4.90 Å². The van der Waals surface area contributed by atoms with Crippen LogP contribution in [0.15, 0.2) is 22.7 Å². The summed E-state index contributed by atoms with van der Waals surface area (Å²) in [4.78, 5) is 2.35. The summed E-state index contributed by atoms with van der Waals surface area (Å²) in [6.45, 7) is 2.83. The van der Waals surface area contributed by atoms with Gasteiger partial charge in [-0.25, -0.2) is 4.39 Å². The lowest BCUT2D eigenvalue weighted by Gasteiger charge is -2.40. The Kier molecular flexibility index (Phi) is 5.58. The molecule has 0 saturated heterocycles. The van der Waals surface area contributed by atoms with Crippen LogP contribution in [0.25, 0.3) is 0 Å². The Morgan fingerprint density at radius 1 is 1.40 bits per heavy atom. The Hall–Kier alpha value is -0.450. The third-order valence-electron chi connectivity index (χ3n) is 4.63. The maximum Gasteiger partial charge on any atom is 0.137 e. The molecule has 0 aromatic heterocycles. The molecular formula is C16H24BrFN2. The molecule has 0 spiro atoms. The number of nitrogens with two attached hydrogens (primary N) is 1. The minimum Gasteiger partial charge on any atom is -0.329 e. The molecule has 112 valence electrons. The van der Waals surface area contributed by atoms with Crippen LogP contribution in [0.3, 0.4) is 0 Å². The number of rotatable bonds is 4. The number of hydrogen-bond acceptors (Lipinski definition) is 2. The first-order chi connectivity index (χ1) is 9.54. The number of benzene rings is 1. The van der Waals surface area contributed by atoms with Crippen LogP contribution < -0.4 is 5.73 Å². The predicted octanol–water partition coefficient (Wildman–Crippen LogP) is 4.10. The normalized spacial score (nSPS) is 24.9. The van der Waals surface area contributed by atoms with Crippen LogP contribution in [-0.2, 0) is 0 Å². The van der Waals surface area contributed by atoms with Gasteiger partial charge in [0, 0.05) is 18.6 Å². The molecule has 2 rings (SSSR count). The van der Waals surface area contributed by atoms with Crippen molar-refractivity contribution in [1.82, 2.24) is 4.90 Å². The van der Waals surface area contributed by atoms with Gasteiger partial charge >= 0.3 is 0 Å². The summed E-state index contributed by atoms with van der Waals surface area (Å²) in [5.41, 5.74) is 6.94. The summed E-state index contributed by atoms with van der Waals surface area (Å²) in [6.07, 6.45) is 5.10. The van der Waals surface area contributed by atoms with Gasteiger partial charge in [0.05, 0.1) is 4.47 Å². The first-order valence-corrected chi connectivity index (χ1v) is 8.20. The van der Waals surface area contributed by atoms with E-state index in [1.165, 1.54) is 25.7 Å². The third kappa shape index (κ3) is 3.41. The van der Waals surface area contributed by atoms with Crippen LogP contribution in [0.2, 0.25) is 0 Å². The molecule has 1 saturated carbocycles. The van der Waals surface area contributed by atoms with Gasteiger partial charge in [0.2, 0.25) is 0 Å². The van der Waals surface area contributed by atoms with Crippen molar-refractivity contribution >= 4 is 15.9 Å². The molecule has 3 unspecified atom stereocenters. The maximum atomic E-state index is 13.8. The van der Waals surface area contributed by atoms with Gasteiger partial charge in [0.25, 0.3) is 0 Å². The molecule has 1 aliphatic carbocycles. The molecule has 2 N–H and O–H groups in total. The van der Waals surface area contributed by atoms with Crippen molar-refractivity contribution in [3.8, 4) is 0 Å². The average Bonchev–Trinajstić information content (AvgIpc) is 2.44. The van der Waals surface area contributed by atoms with Gasteiger partial charge in [0.15, 0.2) is 0 Å². The second-order valence-corrected chi connectivity index (χ2v) is 6.77. The number of nitrogens with zero attached hydrogens (tertiary/aromatic N) is 1. The first kappa shape index (κ1) is 15.9. The standard InChI is InChI=1S/C16H24BrFN2/c1-11-5-3-4-6-15(11)20(2)16(10-19)12-7-8-13(17)14(18)9-12/h7-9,11,15-16H,3-6,10,19H2,1-2H3. The second-order valence-electron chi connectivity index (χ2n) is 5.92. The fraction of sp³-hybridized carbons (Fsp3) is 0.625. The quantitative estimate of drug-likeness (QED) is 0.892. The van der Waals surface area contributed by atoms with E-state index < -0.39 is 0 Å². The Morgan fingerprint density at radius 3 is 2.70 bits per heavy atom. The van der Waals surface area contributed by atoms with Crippen molar-refractivity contribution in [3.63, 3.8) is 0 Å². The topological polar surface area (TPSA) is 29.3 Å². The highest BCUT2D eigenvalue weighted by Crippen LogP contribution is 2.32. The molecular weight excluding hydrogens is 319 g/mol. The van der Waals surface area contributed by atoms with Crippen LogP contribution in [0, 0.1) is 11.7 Å². The molecule has 0 aliphatic heterocycles. The van der Waals surface area contributed by atoms with E-state index in [4.69, 9.17) is 5.73 Å². The van der Waals surface area contributed by atoms with Crippen molar-refractivity contribution < 1.29 is 4.39 Å². The van der Waals surface area contributed by atoms with Crippen LogP contribution in [0.4, 0.5) is 4.39 Å². The molecule has 4 heteroatoms. The van der Waals surface area contributed by atoms with E-state index >= 15 is 0 Å². The summed E-state index contributed by atoms with van der Waals surface area (Å²) in [5.74, 6) is 0.467. The van der Waals surface area contributed by atoms with Crippen LogP contribution in [-0.4, -0.2) is 24.5 Å². The molecule has 0 amide bonds. The number of hydrogen-bond donors (Lipinski definition) is 1. The minimum absolute atomic E-state index is 0.0862. The fourth-order valence-electron chi connectivity index (χ4n) is 3.39. The highest BCUT2D eigenvalue weighted by molar-refractivity contribution is 9.10. The molecule has 0 heterocycles. The largest absolute Gasteiger partial charge is 0.329 e.